The van der Waals surface area contributed by atoms with Crippen LogP contribution in [-0.4, -0.2) is 74.2 Å². The van der Waals surface area contributed by atoms with Gasteiger partial charge < -0.3 is 20.3 Å². The van der Waals surface area contributed by atoms with Crippen molar-refractivity contribution in [2.24, 2.45) is 0 Å². The minimum atomic E-state index is -0.237. The number of benzene rings is 1. The number of hydrogen-bond acceptors (Lipinski definition) is 4. The van der Waals surface area contributed by atoms with Gasteiger partial charge in [-0.3, -0.25) is 9.69 Å². The predicted molar refractivity (Wildman–Crippen MR) is 101 cm³/mol. The second kappa shape index (κ2) is 8.05. The van der Waals surface area contributed by atoms with Gasteiger partial charge >= 0.3 is 6.03 Å². The van der Waals surface area contributed by atoms with Crippen molar-refractivity contribution >= 4 is 17.6 Å². The summed E-state index contributed by atoms with van der Waals surface area (Å²) in [5, 5.41) is 5.94. The monoisotopic (exact) mass is 360 g/mol. The van der Waals surface area contributed by atoms with E-state index in [0.29, 0.717) is 24.5 Å². The maximum absolute atomic E-state index is 12.4. The van der Waals surface area contributed by atoms with Crippen LogP contribution in [0.4, 0.5) is 10.5 Å². The van der Waals surface area contributed by atoms with Crippen LogP contribution < -0.4 is 10.6 Å². The van der Waals surface area contributed by atoms with Crippen LogP contribution in [0.3, 0.4) is 0 Å². The average molecular weight is 360 g/mol. The average Bonchev–Trinajstić information content (AvgIpc) is 3.27. The van der Waals surface area contributed by atoms with E-state index >= 15 is 0 Å². The Hall–Kier alpha value is -2.12. The van der Waals surface area contributed by atoms with Crippen LogP contribution in [0, 0.1) is 6.92 Å². The summed E-state index contributed by atoms with van der Waals surface area (Å²) in [6.45, 7) is 5.26. The molecule has 1 aromatic rings. The molecule has 7 heteroatoms. The number of nitrogens with one attached hydrogen (secondary N) is 2. The van der Waals surface area contributed by atoms with E-state index in [1.807, 2.05) is 6.92 Å². The first kappa shape index (κ1) is 18.7. The van der Waals surface area contributed by atoms with Crippen molar-refractivity contribution in [1.29, 1.82) is 0 Å². The third-order valence-corrected chi connectivity index (χ3v) is 5.10. The molecule has 1 aromatic carbocycles. The van der Waals surface area contributed by atoms with Crippen molar-refractivity contribution in [3.05, 3.63) is 29.3 Å². The molecular formula is C19H28N4O3. The zero-order chi connectivity index (χ0) is 18.7. The number of ether oxygens (including phenoxy) is 1. The molecule has 2 N–H and O–H groups in total. The van der Waals surface area contributed by atoms with Crippen LogP contribution >= 0.6 is 0 Å². The maximum Gasteiger partial charge on any atom is 0.319 e. The molecule has 142 valence electrons. The van der Waals surface area contributed by atoms with Gasteiger partial charge in [0.25, 0.3) is 5.91 Å². The Kier molecular flexibility index (Phi) is 5.78. The lowest BCUT2D eigenvalue weighted by atomic mass is 10.1. The molecule has 7 nitrogen and oxygen atoms in total. The van der Waals surface area contributed by atoms with E-state index in [9.17, 15) is 9.59 Å². The Morgan fingerprint density at radius 2 is 1.92 bits per heavy atom. The quantitative estimate of drug-likeness (QED) is 0.857. The SMILES string of the molecule is Cc1cc(C(=O)N(C)C)ccc1NC(=O)N[C@H]1COC[C@@H]1N1CCCC1. The van der Waals surface area contributed by atoms with Gasteiger partial charge in [0.05, 0.1) is 25.3 Å². The number of anilines is 1. The summed E-state index contributed by atoms with van der Waals surface area (Å²) in [5.41, 5.74) is 2.16. The minimum absolute atomic E-state index is 0.00278. The molecule has 3 rings (SSSR count). The van der Waals surface area contributed by atoms with Gasteiger partial charge in [-0.25, -0.2) is 4.79 Å². The van der Waals surface area contributed by atoms with E-state index in [-0.39, 0.29) is 24.0 Å². The first-order chi connectivity index (χ1) is 12.5. The van der Waals surface area contributed by atoms with Crippen LogP contribution in [0.2, 0.25) is 0 Å². The van der Waals surface area contributed by atoms with Crippen LogP contribution in [-0.2, 0) is 4.74 Å². The molecule has 0 radical (unpaired) electrons. The summed E-state index contributed by atoms with van der Waals surface area (Å²) in [5.74, 6) is -0.0549. The van der Waals surface area contributed by atoms with Crippen molar-refractivity contribution < 1.29 is 14.3 Å². The lowest BCUT2D eigenvalue weighted by molar-refractivity contribution is 0.0827. The minimum Gasteiger partial charge on any atom is -0.378 e. The first-order valence-corrected chi connectivity index (χ1v) is 9.17. The smallest absolute Gasteiger partial charge is 0.319 e. The highest BCUT2D eigenvalue weighted by atomic mass is 16.5. The molecule has 0 aliphatic carbocycles. The molecule has 3 amide bonds. The van der Waals surface area contributed by atoms with E-state index in [2.05, 4.69) is 15.5 Å². The van der Waals surface area contributed by atoms with Crippen molar-refractivity contribution in [3.8, 4) is 0 Å². The molecule has 0 unspecified atom stereocenters. The van der Waals surface area contributed by atoms with Gasteiger partial charge in [0, 0.05) is 25.3 Å². The van der Waals surface area contributed by atoms with E-state index in [1.165, 1.54) is 17.7 Å². The highest BCUT2D eigenvalue weighted by molar-refractivity contribution is 5.96. The molecule has 2 fully saturated rings. The summed E-state index contributed by atoms with van der Waals surface area (Å²) in [6, 6.07) is 5.32. The molecule has 2 heterocycles. The van der Waals surface area contributed by atoms with Gasteiger partial charge in [-0.05, 0) is 56.6 Å². The fraction of sp³-hybridized carbons (Fsp3) is 0.579. The topological polar surface area (TPSA) is 73.9 Å². The fourth-order valence-electron chi connectivity index (χ4n) is 3.64. The second-order valence-electron chi connectivity index (χ2n) is 7.28. The number of carbonyl (C=O) groups is 2. The van der Waals surface area contributed by atoms with E-state index < -0.39 is 0 Å². The van der Waals surface area contributed by atoms with Gasteiger partial charge in [-0.15, -0.1) is 0 Å². The summed E-state index contributed by atoms with van der Waals surface area (Å²) < 4.78 is 5.60. The molecule has 2 saturated heterocycles. The summed E-state index contributed by atoms with van der Waals surface area (Å²) in [6.07, 6.45) is 2.43. The molecular weight excluding hydrogens is 332 g/mol. The number of hydrogen-bond donors (Lipinski definition) is 2. The van der Waals surface area contributed by atoms with Crippen molar-refractivity contribution in [2.75, 3.05) is 45.7 Å². The summed E-state index contributed by atoms with van der Waals surface area (Å²) in [7, 11) is 3.44. The number of urea groups is 1. The van der Waals surface area contributed by atoms with Gasteiger partial charge in [-0.1, -0.05) is 0 Å². The molecule has 0 saturated carbocycles. The Morgan fingerprint density at radius 3 is 2.58 bits per heavy atom. The predicted octanol–water partition coefficient (Wildman–Crippen LogP) is 1.68. The van der Waals surface area contributed by atoms with Crippen LogP contribution in [0.15, 0.2) is 18.2 Å². The van der Waals surface area contributed by atoms with Crippen LogP contribution in [0.1, 0.15) is 28.8 Å². The fourth-order valence-corrected chi connectivity index (χ4v) is 3.64. The molecule has 0 aromatic heterocycles. The van der Waals surface area contributed by atoms with Gasteiger partial charge in [0.2, 0.25) is 0 Å². The first-order valence-electron chi connectivity index (χ1n) is 9.17. The maximum atomic E-state index is 12.4. The van der Waals surface area contributed by atoms with Gasteiger partial charge in [0.15, 0.2) is 0 Å². The second-order valence-corrected chi connectivity index (χ2v) is 7.28. The Morgan fingerprint density at radius 1 is 1.19 bits per heavy atom. The number of aryl methyl sites for hydroxylation is 1. The van der Waals surface area contributed by atoms with Crippen LogP contribution in [0.5, 0.6) is 0 Å². The van der Waals surface area contributed by atoms with Crippen molar-refractivity contribution in [2.45, 2.75) is 31.8 Å². The number of amides is 3. The Bertz CT molecular complexity index is 671. The lowest BCUT2D eigenvalue weighted by Crippen LogP contribution is -2.51. The molecule has 2 atom stereocenters. The number of likely N-dealkylation sites (tertiary alicyclic amines) is 1. The Balaban J connectivity index is 1.60. The standard InChI is InChI=1S/C19H28N4O3/c1-13-10-14(18(24)22(2)3)6-7-15(13)20-19(25)21-16-11-26-12-17(16)23-8-4-5-9-23/h6-7,10,16-17H,4-5,8-9,11-12H2,1-3H3,(H2,20,21,25)/t16-,17-/m0/s1. The summed E-state index contributed by atoms with van der Waals surface area (Å²) >= 11 is 0. The zero-order valence-electron chi connectivity index (χ0n) is 15.7. The number of rotatable bonds is 4. The molecule has 2 aliphatic rings. The van der Waals surface area contributed by atoms with E-state index in [1.54, 1.807) is 32.3 Å². The molecule has 0 spiro atoms. The van der Waals surface area contributed by atoms with E-state index in [0.717, 1.165) is 18.7 Å². The van der Waals surface area contributed by atoms with Crippen LogP contribution in [0.25, 0.3) is 0 Å². The normalized spacial score (nSPS) is 23.0. The third kappa shape index (κ3) is 4.16. The Labute approximate surface area is 154 Å². The number of carbonyl (C=O) groups excluding carboxylic acids is 2. The zero-order valence-corrected chi connectivity index (χ0v) is 15.7. The summed E-state index contributed by atoms with van der Waals surface area (Å²) in [4.78, 5) is 28.4. The van der Waals surface area contributed by atoms with Gasteiger partial charge in [-0.2, -0.15) is 0 Å². The molecule has 0 bridgehead atoms. The molecule has 26 heavy (non-hydrogen) atoms. The largest absolute Gasteiger partial charge is 0.378 e. The van der Waals surface area contributed by atoms with Gasteiger partial charge in [0.1, 0.15) is 0 Å². The lowest BCUT2D eigenvalue weighted by Gasteiger charge is -2.28. The third-order valence-electron chi connectivity index (χ3n) is 5.10. The van der Waals surface area contributed by atoms with Crippen molar-refractivity contribution in [3.63, 3.8) is 0 Å². The highest BCUT2D eigenvalue weighted by Crippen LogP contribution is 2.20. The van der Waals surface area contributed by atoms with Crippen molar-refractivity contribution in [1.82, 2.24) is 15.1 Å². The number of nitrogens with zero attached hydrogens (tertiary/aromatic N) is 2. The van der Waals surface area contributed by atoms with E-state index in [4.69, 9.17) is 4.74 Å². The highest BCUT2D eigenvalue weighted by Gasteiger charge is 2.35. The molecule has 2 aliphatic heterocycles.